The highest BCUT2D eigenvalue weighted by Crippen LogP contribution is 2.47. The minimum Gasteiger partial charge on any atom is -0.393 e. The van der Waals surface area contributed by atoms with Crippen LogP contribution in [0.4, 0.5) is 0 Å². The quantitative estimate of drug-likeness (QED) is 0.0206. The average Bonchev–Trinajstić information content (AvgIpc) is 3.25. The molecule has 13 nitrogen and oxygen atoms in total. The van der Waals surface area contributed by atoms with Gasteiger partial charge in [0.25, 0.3) is 0 Å². The Labute approximate surface area is 383 Å². The summed E-state index contributed by atoms with van der Waals surface area (Å²) in [6, 6.07) is -1.15. The number of aliphatic hydroxyl groups is 7. The van der Waals surface area contributed by atoms with Gasteiger partial charge in [-0.25, -0.2) is 4.57 Å². The number of phosphoric ester groups is 1. The molecule has 0 aromatic heterocycles. The molecule has 0 spiro atoms. The summed E-state index contributed by atoms with van der Waals surface area (Å²) in [5.74, 6) is -0.566. The van der Waals surface area contributed by atoms with E-state index in [1.807, 2.05) is 6.92 Å². The zero-order valence-corrected chi connectivity index (χ0v) is 40.9. The first-order valence-electron chi connectivity index (χ1n) is 26.1. The van der Waals surface area contributed by atoms with Crippen molar-refractivity contribution in [1.29, 1.82) is 0 Å². The van der Waals surface area contributed by atoms with Gasteiger partial charge >= 0.3 is 7.82 Å². The fourth-order valence-corrected chi connectivity index (χ4v) is 9.69. The second-order valence-corrected chi connectivity index (χ2v) is 20.3. The van der Waals surface area contributed by atoms with E-state index in [0.29, 0.717) is 12.8 Å². The van der Waals surface area contributed by atoms with Crippen LogP contribution in [0.3, 0.4) is 0 Å². The summed E-state index contributed by atoms with van der Waals surface area (Å²) in [6.45, 7) is 3.59. The van der Waals surface area contributed by atoms with Crippen LogP contribution in [-0.4, -0.2) is 108 Å². The van der Waals surface area contributed by atoms with E-state index in [1.54, 1.807) is 0 Å². The van der Waals surface area contributed by atoms with Gasteiger partial charge in [0.1, 0.15) is 36.6 Å². The number of rotatable bonds is 44. The Morgan fingerprint density at radius 3 is 1.16 bits per heavy atom. The monoisotopic (exact) mass is 924 g/mol. The van der Waals surface area contributed by atoms with Gasteiger partial charge in [0.15, 0.2) is 0 Å². The van der Waals surface area contributed by atoms with Crippen LogP contribution < -0.4 is 5.32 Å². The van der Waals surface area contributed by atoms with Crippen molar-refractivity contribution >= 4 is 13.7 Å². The molecular formula is C49H98NO12P. The largest absolute Gasteiger partial charge is 0.472 e. The highest BCUT2D eigenvalue weighted by Gasteiger charge is 2.51. The second-order valence-electron chi connectivity index (χ2n) is 18.9. The first-order chi connectivity index (χ1) is 30.3. The Bertz CT molecular complexity index is 1090. The van der Waals surface area contributed by atoms with Crippen LogP contribution >= 0.6 is 7.82 Å². The molecule has 1 rings (SSSR count). The summed E-state index contributed by atoms with van der Waals surface area (Å²) in [5.41, 5.74) is 0. The van der Waals surface area contributed by atoms with E-state index in [-0.39, 0.29) is 12.8 Å². The molecule has 14 heteroatoms. The molecule has 0 radical (unpaired) electrons. The maximum absolute atomic E-state index is 12.8. The van der Waals surface area contributed by atoms with E-state index in [4.69, 9.17) is 9.05 Å². The zero-order chi connectivity index (χ0) is 46.6. The van der Waals surface area contributed by atoms with Gasteiger partial charge in [-0.3, -0.25) is 13.8 Å². The fraction of sp³-hybridized carbons (Fsp3) is 0.980. The summed E-state index contributed by atoms with van der Waals surface area (Å²) < 4.78 is 22.6. The SMILES string of the molecule is CCCCCCCCCCCCCCCCCCCCCCCCCCCCCCCCC(O)CC(=O)NC(COP(=O)(O)OC1C(O)C(O)C(O)C(O)C1O)C(O)CCCCC. The maximum atomic E-state index is 12.8. The van der Waals surface area contributed by atoms with Gasteiger partial charge in [-0.2, -0.15) is 0 Å². The van der Waals surface area contributed by atoms with Crippen molar-refractivity contribution in [2.75, 3.05) is 6.61 Å². The number of carbonyl (C=O) groups is 1. The van der Waals surface area contributed by atoms with E-state index in [1.165, 1.54) is 167 Å². The van der Waals surface area contributed by atoms with Gasteiger partial charge < -0.3 is 46.0 Å². The lowest BCUT2D eigenvalue weighted by Gasteiger charge is -2.41. The summed E-state index contributed by atoms with van der Waals surface area (Å²) in [7, 11) is -5.09. The summed E-state index contributed by atoms with van der Waals surface area (Å²) in [4.78, 5) is 23.2. The number of hydrogen-bond acceptors (Lipinski definition) is 11. The molecule has 0 aromatic rings. The van der Waals surface area contributed by atoms with E-state index < -0.39 is 75.2 Å². The normalized spacial score (nSPS) is 22.8. The van der Waals surface area contributed by atoms with E-state index in [0.717, 1.165) is 38.5 Å². The molecule has 1 fully saturated rings. The Balaban J connectivity index is 2.07. The Morgan fingerprint density at radius 1 is 0.492 bits per heavy atom. The molecule has 8 unspecified atom stereocenters. The van der Waals surface area contributed by atoms with Crippen molar-refractivity contribution in [3.8, 4) is 0 Å². The number of unbranched alkanes of at least 4 members (excludes halogenated alkanes) is 31. The molecule has 0 aromatic carbocycles. The maximum Gasteiger partial charge on any atom is 0.472 e. The van der Waals surface area contributed by atoms with Crippen molar-refractivity contribution in [1.82, 2.24) is 5.32 Å². The third kappa shape index (κ3) is 31.1. The molecule has 0 bridgehead atoms. The number of hydrogen-bond donors (Lipinski definition) is 9. The predicted molar refractivity (Wildman–Crippen MR) is 252 cm³/mol. The average molecular weight is 924 g/mol. The molecule has 376 valence electrons. The van der Waals surface area contributed by atoms with Gasteiger partial charge in [-0.1, -0.05) is 226 Å². The summed E-state index contributed by atoms with van der Waals surface area (Å²) >= 11 is 0. The number of phosphoric acid groups is 1. The van der Waals surface area contributed by atoms with Gasteiger partial charge in [0, 0.05) is 0 Å². The van der Waals surface area contributed by atoms with Crippen molar-refractivity contribution in [2.24, 2.45) is 0 Å². The van der Waals surface area contributed by atoms with E-state index in [9.17, 15) is 50.0 Å². The van der Waals surface area contributed by atoms with Crippen LogP contribution in [0.25, 0.3) is 0 Å². The van der Waals surface area contributed by atoms with Crippen molar-refractivity contribution in [3.63, 3.8) is 0 Å². The molecule has 0 saturated heterocycles. The van der Waals surface area contributed by atoms with Gasteiger partial charge in [0.05, 0.1) is 31.3 Å². The third-order valence-corrected chi connectivity index (χ3v) is 14.0. The standard InChI is InChI=1S/C49H98NO12P/c1-3-5-7-8-9-10-11-12-13-14-15-16-17-18-19-20-21-22-23-24-25-26-27-28-29-30-31-32-33-35-36-40(51)38-43(53)50-41(42(52)37-34-6-4-2)39-61-63(59,60)62-49-47(57)45(55)44(54)46(56)48(49)58/h40-42,44-49,51-52,54-58H,3-39H2,1-2H3,(H,50,53)(H,59,60). The van der Waals surface area contributed by atoms with Crippen molar-refractivity contribution in [2.45, 2.75) is 300 Å². The van der Waals surface area contributed by atoms with Crippen LogP contribution in [0.15, 0.2) is 0 Å². The first kappa shape index (κ1) is 60.3. The topological polar surface area (TPSA) is 226 Å². The van der Waals surface area contributed by atoms with Crippen molar-refractivity contribution < 1.29 is 59.0 Å². The molecule has 1 saturated carbocycles. The highest BCUT2D eigenvalue weighted by molar-refractivity contribution is 7.47. The summed E-state index contributed by atoms with van der Waals surface area (Å²) in [6.07, 6.45) is 29.1. The van der Waals surface area contributed by atoms with Crippen LogP contribution in [0, 0.1) is 0 Å². The van der Waals surface area contributed by atoms with Crippen LogP contribution in [0.2, 0.25) is 0 Å². The summed E-state index contributed by atoms with van der Waals surface area (Å²) in [5, 5.41) is 73.8. The minimum atomic E-state index is -5.09. The molecule has 63 heavy (non-hydrogen) atoms. The molecule has 1 aliphatic carbocycles. The van der Waals surface area contributed by atoms with Crippen LogP contribution in [-0.2, 0) is 18.4 Å². The smallest absolute Gasteiger partial charge is 0.393 e. The van der Waals surface area contributed by atoms with Gasteiger partial charge in [-0.15, -0.1) is 0 Å². The molecule has 1 amide bonds. The lowest BCUT2D eigenvalue weighted by atomic mass is 9.85. The molecule has 0 aliphatic heterocycles. The number of nitrogens with one attached hydrogen (secondary N) is 1. The number of carbonyl (C=O) groups excluding carboxylic acids is 1. The molecular weight excluding hydrogens is 826 g/mol. The van der Waals surface area contributed by atoms with Gasteiger partial charge in [-0.05, 0) is 12.8 Å². The van der Waals surface area contributed by atoms with Crippen LogP contribution in [0.5, 0.6) is 0 Å². The van der Waals surface area contributed by atoms with Gasteiger partial charge in [0.2, 0.25) is 5.91 Å². The molecule has 0 heterocycles. The Morgan fingerprint density at radius 2 is 0.794 bits per heavy atom. The zero-order valence-electron chi connectivity index (χ0n) is 40.0. The van der Waals surface area contributed by atoms with Crippen molar-refractivity contribution in [3.05, 3.63) is 0 Å². The Hall–Kier alpha value is -0.700. The fourth-order valence-electron chi connectivity index (χ4n) is 8.72. The first-order valence-corrected chi connectivity index (χ1v) is 27.6. The molecule has 1 aliphatic rings. The van der Waals surface area contributed by atoms with E-state index >= 15 is 0 Å². The Kier molecular flexibility index (Phi) is 37.6. The molecule has 8 atom stereocenters. The lowest BCUT2D eigenvalue weighted by Crippen LogP contribution is -2.64. The highest BCUT2D eigenvalue weighted by atomic mass is 31.2. The predicted octanol–water partition coefficient (Wildman–Crippen LogP) is 9.60. The number of amides is 1. The third-order valence-electron chi connectivity index (χ3n) is 13.0. The molecule has 9 N–H and O–H groups in total. The number of aliphatic hydroxyl groups excluding tert-OH is 7. The minimum absolute atomic E-state index is 0.219. The van der Waals surface area contributed by atoms with E-state index in [2.05, 4.69) is 12.2 Å². The van der Waals surface area contributed by atoms with Crippen LogP contribution in [0.1, 0.15) is 245 Å². The second kappa shape index (κ2) is 39.3. The lowest BCUT2D eigenvalue weighted by molar-refractivity contribution is -0.220.